The molecule has 0 amide bonds. The van der Waals surface area contributed by atoms with Crippen LogP contribution >= 0.6 is 0 Å². The summed E-state index contributed by atoms with van der Waals surface area (Å²) in [6.07, 6.45) is 0. The van der Waals surface area contributed by atoms with Crippen molar-refractivity contribution in [3.63, 3.8) is 0 Å². The molecule has 0 aromatic rings. The third-order valence-electron chi connectivity index (χ3n) is 0. The molecule has 5 heavy (non-hydrogen) atoms. The molecule has 0 saturated carbocycles. The van der Waals surface area contributed by atoms with E-state index in [0.29, 0.717) is 0 Å². The van der Waals surface area contributed by atoms with Crippen LogP contribution in [0.25, 0.3) is 0 Å². The van der Waals surface area contributed by atoms with Gasteiger partial charge in [0, 0.05) is 0 Å². The molecule has 0 spiro atoms. The quantitative estimate of drug-likeness (QED) is 0.219. The van der Waals surface area contributed by atoms with E-state index in [1.54, 1.807) is 0 Å². The molecule has 0 bridgehead atoms. The summed E-state index contributed by atoms with van der Waals surface area (Å²) in [5, 5.41) is 7.89. The van der Waals surface area contributed by atoms with E-state index < -0.39 is 0 Å². The van der Waals surface area contributed by atoms with E-state index in [9.17, 15) is 0 Å². The first kappa shape index (κ1) is 20.3. The Morgan fingerprint density at radius 3 is 1.60 bits per heavy atom. The molecule has 0 radical (unpaired) electrons. The van der Waals surface area contributed by atoms with E-state index in [0.717, 1.165) is 0 Å². The molecule has 0 aromatic heterocycles. The van der Waals surface area contributed by atoms with Gasteiger partial charge in [-0.15, -0.1) is 4.91 Å². The first-order valence-electron chi connectivity index (χ1n) is 0.383. The van der Waals surface area contributed by atoms with Crippen molar-refractivity contribution in [2.24, 2.45) is 5.34 Å². The van der Waals surface area contributed by atoms with Gasteiger partial charge in [0.2, 0.25) is 0 Å². The minimum atomic E-state index is 0. The number of hydrogen-bond donors (Lipinski definition) is 1. The molecule has 0 rings (SSSR count). The van der Waals surface area contributed by atoms with Gasteiger partial charge in [-0.3, -0.25) is 0 Å². The molecular formula is H4LiNO3. The minimum absolute atomic E-state index is 0. The Morgan fingerprint density at radius 1 is 1.60 bits per heavy atom. The molecule has 0 atom stereocenters. The number of nitrogens with zero attached hydrogens (tertiary/aromatic N) is 1. The topological polar surface area (TPSA) is 81.2 Å². The van der Waals surface area contributed by atoms with Crippen molar-refractivity contribution in [1.29, 1.82) is 0 Å². The van der Waals surface area contributed by atoms with Gasteiger partial charge in [0.15, 0.2) is 5.34 Å². The molecule has 0 saturated heterocycles. The number of rotatable bonds is 0. The zero-order valence-corrected chi connectivity index (χ0v) is 1.80. The fraction of sp³-hybridized carbons (Fsp3) is 0. The Labute approximate surface area is 40.6 Å². The van der Waals surface area contributed by atoms with Crippen LogP contribution in [-0.4, -0.2) is 29.5 Å². The maximum atomic E-state index is 8.11. The van der Waals surface area contributed by atoms with Crippen molar-refractivity contribution >= 4 is 18.9 Å². The van der Waals surface area contributed by atoms with Crippen molar-refractivity contribution in [3.8, 4) is 0 Å². The van der Waals surface area contributed by atoms with Gasteiger partial charge in [0.25, 0.3) is 0 Å². The molecule has 4 nitrogen and oxygen atoms in total. The summed E-state index contributed by atoms with van der Waals surface area (Å²) in [6.45, 7) is 0. The zero-order valence-electron chi connectivity index (χ0n) is 1.80. The van der Waals surface area contributed by atoms with Crippen molar-refractivity contribution in [1.82, 2.24) is 0 Å². The normalized spacial score (nSPS) is 2.40. The first-order valence-corrected chi connectivity index (χ1v) is 0.383. The van der Waals surface area contributed by atoms with E-state index in [4.69, 9.17) is 10.1 Å². The van der Waals surface area contributed by atoms with Crippen LogP contribution < -0.4 is 0 Å². The van der Waals surface area contributed by atoms with E-state index in [-0.39, 0.29) is 24.3 Å². The molecule has 0 fully saturated rings. The van der Waals surface area contributed by atoms with Crippen LogP contribution in [0.2, 0.25) is 0 Å². The first-order chi connectivity index (χ1) is 1.41. The summed E-state index contributed by atoms with van der Waals surface area (Å²) in [7, 11) is 0. The third kappa shape index (κ3) is 8360. The van der Waals surface area contributed by atoms with Crippen LogP contribution in [0.3, 0.4) is 0 Å². The van der Waals surface area contributed by atoms with Crippen LogP contribution in [0, 0.1) is 4.91 Å². The van der Waals surface area contributed by atoms with Crippen molar-refractivity contribution < 1.29 is 10.7 Å². The summed E-state index contributed by atoms with van der Waals surface area (Å²) in [4.78, 5) is 8.11. The summed E-state index contributed by atoms with van der Waals surface area (Å²) in [5.74, 6) is 0. The summed E-state index contributed by atoms with van der Waals surface area (Å²) >= 11 is 0. The standard InChI is InChI=1S/Li.HNO2.H2O.H/c;2-1-3;;/h;(H,2,3);1H2;. The van der Waals surface area contributed by atoms with Gasteiger partial charge < -0.3 is 10.7 Å². The van der Waals surface area contributed by atoms with E-state index in [1.165, 1.54) is 5.34 Å². The van der Waals surface area contributed by atoms with Crippen molar-refractivity contribution in [3.05, 3.63) is 4.91 Å². The van der Waals surface area contributed by atoms with Gasteiger partial charge >= 0.3 is 18.9 Å². The molecule has 5 heteroatoms. The fourth-order valence-electron chi connectivity index (χ4n) is 0. The average molecular weight is 73.0 g/mol. The van der Waals surface area contributed by atoms with Gasteiger partial charge in [0.1, 0.15) is 0 Å². The second-order valence-electron chi connectivity index (χ2n) is 0.0816. The molecular weight excluding hydrogens is 68.9 g/mol. The number of hydrogen-bond acceptors (Lipinski definition) is 2. The predicted octanol–water partition coefficient (Wildman–Crippen LogP) is -1.33. The van der Waals surface area contributed by atoms with Crippen molar-refractivity contribution in [2.75, 3.05) is 0 Å². The van der Waals surface area contributed by atoms with Crippen LogP contribution in [0.15, 0.2) is 5.34 Å². The Morgan fingerprint density at radius 2 is 1.60 bits per heavy atom. The van der Waals surface area contributed by atoms with Gasteiger partial charge in [0.05, 0.1) is 0 Å². The molecule has 0 unspecified atom stereocenters. The Hall–Kier alpha value is -0.0426. The van der Waals surface area contributed by atoms with Crippen LogP contribution in [0.1, 0.15) is 0 Å². The molecule has 0 heterocycles. The SMILES string of the molecule is O.O=NO.[LiH]. The second-order valence-corrected chi connectivity index (χ2v) is 0.0816. The van der Waals surface area contributed by atoms with Crippen LogP contribution in [-0.2, 0) is 0 Å². The van der Waals surface area contributed by atoms with Crippen LogP contribution in [0.5, 0.6) is 0 Å². The third-order valence-corrected chi connectivity index (χ3v) is 0. The molecule has 0 aliphatic rings. The molecule has 3 N–H and O–H groups in total. The zero-order chi connectivity index (χ0) is 2.71. The Balaban J connectivity index is -0.0000000200. The van der Waals surface area contributed by atoms with Gasteiger partial charge in [-0.25, -0.2) is 0 Å². The van der Waals surface area contributed by atoms with E-state index in [1.807, 2.05) is 0 Å². The Kier molecular flexibility index (Phi) is 153. The molecule has 0 aliphatic heterocycles. The van der Waals surface area contributed by atoms with E-state index >= 15 is 0 Å². The van der Waals surface area contributed by atoms with Crippen LogP contribution in [0.4, 0.5) is 0 Å². The van der Waals surface area contributed by atoms with Gasteiger partial charge in [-0.2, -0.15) is 0 Å². The monoisotopic (exact) mass is 73.0 g/mol. The van der Waals surface area contributed by atoms with Crippen molar-refractivity contribution in [2.45, 2.75) is 0 Å². The molecule has 0 aliphatic carbocycles. The van der Waals surface area contributed by atoms with Gasteiger partial charge in [-0.1, -0.05) is 0 Å². The van der Waals surface area contributed by atoms with Gasteiger partial charge in [-0.05, 0) is 0 Å². The maximum absolute atomic E-state index is 8.11. The molecule has 28 valence electrons. The average Bonchev–Trinajstić information content (AvgIpc) is 0.918. The van der Waals surface area contributed by atoms with E-state index in [2.05, 4.69) is 0 Å². The summed E-state index contributed by atoms with van der Waals surface area (Å²) < 4.78 is 0. The Bertz CT molecular complexity index is 14.4. The summed E-state index contributed by atoms with van der Waals surface area (Å²) in [6, 6.07) is 0. The fourth-order valence-corrected chi connectivity index (χ4v) is 0. The summed E-state index contributed by atoms with van der Waals surface area (Å²) in [5.41, 5.74) is 0. The second kappa shape index (κ2) is 37.8. The molecule has 0 aromatic carbocycles. The predicted molar refractivity (Wildman–Crippen MR) is 18.3 cm³/mol.